The van der Waals surface area contributed by atoms with Crippen molar-refractivity contribution in [3.63, 3.8) is 0 Å². The highest BCUT2D eigenvalue weighted by Crippen LogP contribution is 2.29. The zero-order chi connectivity index (χ0) is 15.6. The summed E-state index contributed by atoms with van der Waals surface area (Å²) in [5.41, 5.74) is -0.632. The normalized spacial score (nSPS) is 12.1. The van der Waals surface area contributed by atoms with Crippen molar-refractivity contribution in [1.29, 1.82) is 0 Å². The summed E-state index contributed by atoms with van der Waals surface area (Å²) in [5.74, 6) is -0.948. The first-order valence-electron chi connectivity index (χ1n) is 6.28. The van der Waals surface area contributed by atoms with Gasteiger partial charge < -0.3 is 5.32 Å². The smallest absolute Gasteiger partial charge is 0.310 e. The van der Waals surface area contributed by atoms with Gasteiger partial charge in [0.15, 0.2) is 11.6 Å². The number of nitrogens with one attached hydrogen (secondary N) is 1. The number of aromatic nitrogens is 3. The summed E-state index contributed by atoms with van der Waals surface area (Å²) < 4.78 is 52.6. The standard InChI is InChI=1S/C13H14F4N4/c1-8(2)19-5-9-3-4-18-12(11(9)14)21-7-10(6-20-21)13(15,16)17/h3-4,6-8,19H,5H2,1-2H3. The van der Waals surface area contributed by atoms with E-state index >= 15 is 0 Å². The molecular weight excluding hydrogens is 288 g/mol. The number of alkyl halides is 3. The van der Waals surface area contributed by atoms with Crippen LogP contribution in [0.15, 0.2) is 24.7 Å². The molecule has 0 saturated carbocycles. The predicted octanol–water partition coefficient (Wildman–Crippen LogP) is 2.92. The number of pyridine rings is 1. The third-order valence-electron chi connectivity index (χ3n) is 2.78. The van der Waals surface area contributed by atoms with Gasteiger partial charge in [-0.25, -0.2) is 14.1 Å². The Labute approximate surface area is 118 Å². The van der Waals surface area contributed by atoms with Gasteiger partial charge in [-0.3, -0.25) is 0 Å². The van der Waals surface area contributed by atoms with Crippen molar-refractivity contribution in [3.8, 4) is 5.82 Å². The molecule has 0 bridgehead atoms. The molecule has 0 unspecified atom stereocenters. The maximum absolute atomic E-state index is 14.3. The van der Waals surface area contributed by atoms with E-state index in [2.05, 4.69) is 15.4 Å². The van der Waals surface area contributed by atoms with Crippen molar-refractivity contribution in [2.75, 3.05) is 0 Å². The van der Waals surface area contributed by atoms with Gasteiger partial charge in [0.2, 0.25) is 0 Å². The Balaban J connectivity index is 2.32. The van der Waals surface area contributed by atoms with E-state index in [1.807, 2.05) is 13.8 Å². The molecule has 2 heterocycles. The molecule has 21 heavy (non-hydrogen) atoms. The van der Waals surface area contributed by atoms with Crippen LogP contribution in [0.4, 0.5) is 17.6 Å². The Bertz CT molecular complexity index is 619. The molecule has 0 aliphatic carbocycles. The maximum Gasteiger partial charge on any atom is 0.419 e. The minimum absolute atomic E-state index is 0.155. The molecule has 0 fully saturated rings. The van der Waals surface area contributed by atoms with Crippen molar-refractivity contribution >= 4 is 0 Å². The summed E-state index contributed by atoms with van der Waals surface area (Å²) >= 11 is 0. The number of hydrogen-bond donors (Lipinski definition) is 1. The van der Waals surface area contributed by atoms with Crippen LogP contribution in [0, 0.1) is 5.82 Å². The van der Waals surface area contributed by atoms with Crippen LogP contribution in [-0.4, -0.2) is 20.8 Å². The van der Waals surface area contributed by atoms with Gasteiger partial charge >= 0.3 is 6.18 Å². The number of hydrogen-bond acceptors (Lipinski definition) is 3. The predicted molar refractivity (Wildman–Crippen MR) is 68.3 cm³/mol. The third-order valence-corrected chi connectivity index (χ3v) is 2.78. The second-order valence-electron chi connectivity index (χ2n) is 4.81. The first-order chi connectivity index (χ1) is 9.79. The van der Waals surface area contributed by atoms with Crippen LogP contribution < -0.4 is 5.32 Å². The third kappa shape index (κ3) is 3.57. The quantitative estimate of drug-likeness (QED) is 0.883. The van der Waals surface area contributed by atoms with Crippen LogP contribution in [-0.2, 0) is 12.7 Å². The lowest BCUT2D eigenvalue weighted by atomic mass is 10.2. The minimum atomic E-state index is -4.52. The first kappa shape index (κ1) is 15.4. The Kier molecular flexibility index (Phi) is 4.26. The van der Waals surface area contributed by atoms with E-state index in [9.17, 15) is 17.6 Å². The topological polar surface area (TPSA) is 42.7 Å². The van der Waals surface area contributed by atoms with Crippen LogP contribution in [0.1, 0.15) is 25.0 Å². The zero-order valence-corrected chi connectivity index (χ0v) is 11.4. The number of nitrogens with zero attached hydrogens (tertiary/aromatic N) is 3. The van der Waals surface area contributed by atoms with Crippen LogP contribution in [0.3, 0.4) is 0 Å². The van der Waals surface area contributed by atoms with Crippen LogP contribution in [0.25, 0.3) is 5.82 Å². The molecule has 4 nitrogen and oxygen atoms in total. The van der Waals surface area contributed by atoms with E-state index in [1.54, 1.807) is 0 Å². The van der Waals surface area contributed by atoms with E-state index in [4.69, 9.17) is 0 Å². The van der Waals surface area contributed by atoms with Gasteiger partial charge in [0, 0.05) is 30.5 Å². The molecule has 0 saturated heterocycles. The highest BCUT2D eigenvalue weighted by Gasteiger charge is 2.32. The Morgan fingerprint density at radius 2 is 2.05 bits per heavy atom. The molecule has 0 amide bonds. The molecule has 2 rings (SSSR count). The highest BCUT2D eigenvalue weighted by molar-refractivity contribution is 5.31. The number of rotatable bonds is 4. The summed E-state index contributed by atoms with van der Waals surface area (Å²) in [6.07, 6.45) is -1.83. The maximum atomic E-state index is 14.3. The highest BCUT2D eigenvalue weighted by atomic mass is 19.4. The fourth-order valence-electron chi connectivity index (χ4n) is 1.67. The fourth-order valence-corrected chi connectivity index (χ4v) is 1.67. The SMILES string of the molecule is CC(C)NCc1ccnc(-n2cc(C(F)(F)F)cn2)c1F. The molecular formula is C13H14F4N4. The molecule has 0 atom stereocenters. The largest absolute Gasteiger partial charge is 0.419 e. The van der Waals surface area contributed by atoms with Gasteiger partial charge in [-0.1, -0.05) is 13.8 Å². The van der Waals surface area contributed by atoms with Gasteiger partial charge in [-0.2, -0.15) is 18.3 Å². The Morgan fingerprint density at radius 1 is 1.33 bits per heavy atom. The summed E-state index contributed by atoms with van der Waals surface area (Å²) in [4.78, 5) is 3.76. The summed E-state index contributed by atoms with van der Waals surface area (Å²) in [7, 11) is 0. The molecule has 2 aromatic rings. The summed E-state index contributed by atoms with van der Waals surface area (Å²) in [6.45, 7) is 4.07. The summed E-state index contributed by atoms with van der Waals surface area (Å²) in [5, 5.41) is 6.56. The lowest BCUT2D eigenvalue weighted by Crippen LogP contribution is -2.23. The average Bonchev–Trinajstić information content (AvgIpc) is 2.86. The lowest BCUT2D eigenvalue weighted by molar-refractivity contribution is -0.137. The van der Waals surface area contributed by atoms with Gasteiger partial charge in [0.1, 0.15) is 0 Å². The van der Waals surface area contributed by atoms with Gasteiger partial charge in [-0.05, 0) is 6.07 Å². The van der Waals surface area contributed by atoms with Crippen molar-refractivity contribution in [3.05, 3.63) is 41.6 Å². The molecule has 0 aliphatic rings. The molecule has 0 aromatic carbocycles. The van der Waals surface area contributed by atoms with E-state index < -0.39 is 17.6 Å². The molecule has 0 radical (unpaired) electrons. The average molecular weight is 302 g/mol. The van der Waals surface area contributed by atoms with Crippen molar-refractivity contribution in [2.24, 2.45) is 0 Å². The van der Waals surface area contributed by atoms with Gasteiger partial charge in [-0.15, -0.1) is 0 Å². The van der Waals surface area contributed by atoms with Gasteiger partial charge in [0.05, 0.1) is 11.8 Å². The van der Waals surface area contributed by atoms with E-state index in [-0.39, 0.29) is 18.4 Å². The number of halogens is 4. The molecule has 2 aromatic heterocycles. The second kappa shape index (κ2) is 5.80. The molecule has 8 heteroatoms. The van der Waals surface area contributed by atoms with Crippen molar-refractivity contribution in [1.82, 2.24) is 20.1 Å². The van der Waals surface area contributed by atoms with E-state index in [1.165, 1.54) is 12.3 Å². The molecule has 1 N–H and O–H groups in total. The Morgan fingerprint density at radius 3 is 2.62 bits per heavy atom. The summed E-state index contributed by atoms with van der Waals surface area (Å²) in [6, 6.07) is 1.63. The lowest BCUT2D eigenvalue weighted by Gasteiger charge is -2.10. The molecule has 114 valence electrons. The van der Waals surface area contributed by atoms with Crippen LogP contribution in [0.2, 0.25) is 0 Å². The van der Waals surface area contributed by atoms with Crippen molar-refractivity contribution < 1.29 is 17.6 Å². The van der Waals surface area contributed by atoms with Crippen LogP contribution in [0.5, 0.6) is 0 Å². The Hall–Kier alpha value is -1.96. The zero-order valence-electron chi connectivity index (χ0n) is 11.4. The van der Waals surface area contributed by atoms with Gasteiger partial charge in [0.25, 0.3) is 0 Å². The monoisotopic (exact) mass is 302 g/mol. The first-order valence-corrected chi connectivity index (χ1v) is 6.28. The van der Waals surface area contributed by atoms with Crippen LogP contribution >= 0.6 is 0 Å². The van der Waals surface area contributed by atoms with E-state index in [0.29, 0.717) is 18.0 Å². The molecule has 0 aliphatic heterocycles. The van der Waals surface area contributed by atoms with Crippen molar-refractivity contribution in [2.45, 2.75) is 32.6 Å². The van der Waals surface area contributed by atoms with E-state index in [0.717, 1.165) is 4.68 Å². The second-order valence-corrected chi connectivity index (χ2v) is 4.81. The fraction of sp³-hybridized carbons (Fsp3) is 0.385. The molecule has 0 spiro atoms. The minimum Gasteiger partial charge on any atom is -0.310 e.